The molecule has 0 spiro atoms. The van der Waals surface area contributed by atoms with E-state index < -0.39 is 0 Å². The van der Waals surface area contributed by atoms with Crippen LogP contribution in [-0.2, 0) is 11.2 Å². The van der Waals surface area contributed by atoms with Crippen molar-refractivity contribution in [2.24, 2.45) is 0 Å². The normalized spacial score (nSPS) is 23.7. The Hall–Kier alpha value is -1.26. The van der Waals surface area contributed by atoms with E-state index in [1.54, 1.807) is 14.2 Å². The quantitative estimate of drug-likeness (QED) is 0.883. The topological polar surface area (TPSA) is 39.7 Å². The first-order valence-electron chi connectivity index (χ1n) is 6.29. The average molecular weight is 251 g/mol. The zero-order valence-electron chi connectivity index (χ0n) is 11.2. The molecule has 0 aromatic heterocycles. The van der Waals surface area contributed by atoms with Gasteiger partial charge in [0.25, 0.3) is 0 Å². The maximum absolute atomic E-state index is 5.65. The highest BCUT2D eigenvalue weighted by molar-refractivity contribution is 5.43. The van der Waals surface area contributed by atoms with Gasteiger partial charge in [-0.1, -0.05) is 6.07 Å². The van der Waals surface area contributed by atoms with Crippen LogP contribution >= 0.6 is 0 Å². The first-order valence-corrected chi connectivity index (χ1v) is 6.29. The van der Waals surface area contributed by atoms with Gasteiger partial charge in [0.2, 0.25) is 0 Å². The van der Waals surface area contributed by atoms with Gasteiger partial charge >= 0.3 is 0 Å². The average Bonchev–Trinajstić information content (AvgIpc) is 2.41. The maximum atomic E-state index is 5.65. The summed E-state index contributed by atoms with van der Waals surface area (Å²) in [5.74, 6) is 1.54. The monoisotopic (exact) mass is 251 g/mol. The van der Waals surface area contributed by atoms with Crippen LogP contribution in [0.3, 0.4) is 0 Å². The van der Waals surface area contributed by atoms with Crippen molar-refractivity contribution in [1.82, 2.24) is 5.32 Å². The Labute approximate surface area is 108 Å². The van der Waals surface area contributed by atoms with Crippen LogP contribution in [0.1, 0.15) is 12.5 Å². The minimum absolute atomic E-state index is 0.312. The van der Waals surface area contributed by atoms with Gasteiger partial charge in [-0.25, -0.2) is 0 Å². The molecule has 100 valence electrons. The van der Waals surface area contributed by atoms with Crippen LogP contribution in [0, 0.1) is 0 Å². The van der Waals surface area contributed by atoms with Crippen LogP contribution < -0.4 is 14.8 Å². The smallest absolute Gasteiger partial charge is 0.160 e. The number of nitrogens with one attached hydrogen (secondary N) is 1. The molecule has 2 atom stereocenters. The maximum Gasteiger partial charge on any atom is 0.160 e. The van der Waals surface area contributed by atoms with Gasteiger partial charge < -0.3 is 19.5 Å². The lowest BCUT2D eigenvalue weighted by Gasteiger charge is -2.28. The lowest BCUT2D eigenvalue weighted by Crippen LogP contribution is -2.46. The van der Waals surface area contributed by atoms with Gasteiger partial charge in [0.05, 0.1) is 26.9 Å². The molecular weight excluding hydrogens is 230 g/mol. The summed E-state index contributed by atoms with van der Waals surface area (Å²) >= 11 is 0. The van der Waals surface area contributed by atoms with E-state index in [0.29, 0.717) is 12.1 Å². The summed E-state index contributed by atoms with van der Waals surface area (Å²) in [6.45, 7) is 3.76. The minimum Gasteiger partial charge on any atom is -0.493 e. The molecule has 1 heterocycles. The third-order valence-corrected chi connectivity index (χ3v) is 3.21. The van der Waals surface area contributed by atoms with Crippen LogP contribution in [0.2, 0.25) is 0 Å². The van der Waals surface area contributed by atoms with Crippen LogP contribution in [0.4, 0.5) is 0 Å². The third-order valence-electron chi connectivity index (χ3n) is 3.21. The predicted molar refractivity (Wildman–Crippen MR) is 70.5 cm³/mol. The summed E-state index contributed by atoms with van der Waals surface area (Å²) in [5.41, 5.74) is 1.23. The fourth-order valence-electron chi connectivity index (χ4n) is 2.15. The first-order chi connectivity index (χ1) is 8.72. The van der Waals surface area contributed by atoms with E-state index >= 15 is 0 Å². The molecule has 0 amide bonds. The Morgan fingerprint density at radius 1 is 1.28 bits per heavy atom. The largest absolute Gasteiger partial charge is 0.493 e. The highest BCUT2D eigenvalue weighted by Gasteiger charge is 2.18. The number of rotatable bonds is 4. The number of methoxy groups -OCH3 is 2. The van der Waals surface area contributed by atoms with Gasteiger partial charge in [-0.15, -0.1) is 0 Å². The lowest BCUT2D eigenvalue weighted by atomic mass is 10.0. The van der Waals surface area contributed by atoms with E-state index in [1.165, 1.54) is 5.56 Å². The van der Waals surface area contributed by atoms with Crippen LogP contribution in [0.25, 0.3) is 0 Å². The molecule has 1 N–H and O–H groups in total. The zero-order chi connectivity index (χ0) is 13.0. The van der Waals surface area contributed by atoms with Gasteiger partial charge in [0.1, 0.15) is 0 Å². The molecule has 1 saturated heterocycles. The zero-order valence-corrected chi connectivity index (χ0v) is 11.2. The number of hydrogen-bond donors (Lipinski definition) is 1. The first kappa shape index (κ1) is 13.2. The number of hydrogen-bond acceptors (Lipinski definition) is 4. The fraction of sp³-hybridized carbons (Fsp3) is 0.571. The van der Waals surface area contributed by atoms with E-state index in [0.717, 1.165) is 31.1 Å². The van der Waals surface area contributed by atoms with Crippen molar-refractivity contribution >= 4 is 0 Å². The molecule has 4 nitrogen and oxygen atoms in total. The Morgan fingerprint density at radius 2 is 2.06 bits per heavy atom. The second-order valence-electron chi connectivity index (χ2n) is 4.64. The SMILES string of the molecule is COc1ccc(CC2COC(C)CN2)cc1OC. The van der Waals surface area contributed by atoms with Crippen molar-refractivity contribution in [3.05, 3.63) is 23.8 Å². The molecule has 0 radical (unpaired) electrons. The Balaban J connectivity index is 2.01. The molecule has 1 aromatic carbocycles. The molecule has 2 rings (SSSR count). The molecule has 1 aromatic rings. The number of morpholine rings is 1. The molecule has 18 heavy (non-hydrogen) atoms. The summed E-state index contributed by atoms with van der Waals surface area (Å²) < 4.78 is 16.2. The van der Waals surface area contributed by atoms with Crippen molar-refractivity contribution in [3.63, 3.8) is 0 Å². The van der Waals surface area contributed by atoms with Gasteiger partial charge in [-0.2, -0.15) is 0 Å². The molecule has 0 saturated carbocycles. The van der Waals surface area contributed by atoms with Gasteiger partial charge in [0.15, 0.2) is 11.5 Å². The lowest BCUT2D eigenvalue weighted by molar-refractivity contribution is 0.0155. The van der Waals surface area contributed by atoms with Crippen molar-refractivity contribution in [1.29, 1.82) is 0 Å². The van der Waals surface area contributed by atoms with Gasteiger partial charge in [-0.05, 0) is 31.0 Å². The second-order valence-corrected chi connectivity index (χ2v) is 4.64. The standard InChI is InChI=1S/C14H21NO3/c1-10-8-15-12(9-18-10)6-11-4-5-13(16-2)14(7-11)17-3/h4-5,7,10,12,15H,6,8-9H2,1-3H3. The summed E-state index contributed by atoms with van der Waals surface area (Å²) in [6, 6.07) is 6.42. The Kier molecular flexibility index (Phi) is 4.44. The molecule has 0 bridgehead atoms. The van der Waals surface area contributed by atoms with E-state index in [2.05, 4.69) is 18.3 Å². The van der Waals surface area contributed by atoms with E-state index in [1.807, 2.05) is 12.1 Å². The van der Waals surface area contributed by atoms with E-state index in [4.69, 9.17) is 14.2 Å². The molecular formula is C14H21NO3. The van der Waals surface area contributed by atoms with Crippen molar-refractivity contribution < 1.29 is 14.2 Å². The van der Waals surface area contributed by atoms with Gasteiger partial charge in [-0.3, -0.25) is 0 Å². The van der Waals surface area contributed by atoms with Crippen molar-refractivity contribution in [2.75, 3.05) is 27.4 Å². The highest BCUT2D eigenvalue weighted by atomic mass is 16.5. The third kappa shape index (κ3) is 3.15. The molecule has 1 fully saturated rings. The Morgan fingerprint density at radius 3 is 2.67 bits per heavy atom. The van der Waals surface area contributed by atoms with Crippen molar-refractivity contribution in [3.8, 4) is 11.5 Å². The van der Waals surface area contributed by atoms with E-state index in [-0.39, 0.29) is 0 Å². The predicted octanol–water partition coefficient (Wildman–Crippen LogP) is 1.62. The summed E-state index contributed by atoms with van der Waals surface area (Å²) in [4.78, 5) is 0. The fourth-order valence-corrected chi connectivity index (χ4v) is 2.15. The molecule has 2 unspecified atom stereocenters. The molecule has 0 aliphatic carbocycles. The molecule has 1 aliphatic rings. The summed E-state index contributed by atoms with van der Waals surface area (Å²) in [7, 11) is 3.31. The highest BCUT2D eigenvalue weighted by Crippen LogP contribution is 2.28. The van der Waals surface area contributed by atoms with Crippen LogP contribution in [0.15, 0.2) is 18.2 Å². The van der Waals surface area contributed by atoms with Crippen LogP contribution in [0.5, 0.6) is 11.5 Å². The van der Waals surface area contributed by atoms with Crippen LogP contribution in [-0.4, -0.2) is 39.5 Å². The Bertz CT molecular complexity index is 387. The van der Waals surface area contributed by atoms with Crippen molar-refractivity contribution in [2.45, 2.75) is 25.5 Å². The number of ether oxygens (including phenoxy) is 3. The molecule has 4 heteroatoms. The minimum atomic E-state index is 0.312. The second kappa shape index (κ2) is 6.07. The summed E-state index contributed by atoms with van der Waals surface area (Å²) in [6.07, 6.45) is 1.25. The number of benzene rings is 1. The molecule has 1 aliphatic heterocycles. The van der Waals surface area contributed by atoms with E-state index in [9.17, 15) is 0 Å². The van der Waals surface area contributed by atoms with Gasteiger partial charge in [0, 0.05) is 12.6 Å². The summed E-state index contributed by atoms with van der Waals surface area (Å²) in [5, 5.41) is 3.49.